The lowest BCUT2D eigenvalue weighted by atomic mass is 10.0. The normalized spacial score (nSPS) is 15.9. The molecule has 0 saturated carbocycles. The van der Waals surface area contributed by atoms with Gasteiger partial charge in [0.25, 0.3) is 5.91 Å². The molecule has 1 N–H and O–H groups in total. The second-order valence-corrected chi connectivity index (χ2v) is 8.99. The fourth-order valence-electron chi connectivity index (χ4n) is 3.75. The van der Waals surface area contributed by atoms with Crippen molar-refractivity contribution >= 4 is 26.9 Å². The molecule has 1 aliphatic heterocycles. The van der Waals surface area contributed by atoms with Crippen LogP contribution in [0.1, 0.15) is 59.9 Å². The fourth-order valence-corrected chi connectivity index (χ4v) is 5.23. The highest BCUT2D eigenvalue weighted by Crippen LogP contribution is 2.35. The number of carbonyl (C=O) groups excluding carboxylic acids is 1. The zero-order chi connectivity index (χ0) is 19.8. The van der Waals surface area contributed by atoms with Crippen molar-refractivity contribution in [1.82, 2.24) is 9.62 Å². The van der Waals surface area contributed by atoms with E-state index < -0.39 is 10.0 Å². The van der Waals surface area contributed by atoms with Crippen molar-refractivity contribution < 1.29 is 17.6 Å². The molecule has 1 amide bonds. The Morgan fingerprint density at radius 3 is 2.33 bits per heavy atom. The summed E-state index contributed by atoms with van der Waals surface area (Å²) in [4.78, 5) is 15.0. The summed E-state index contributed by atoms with van der Waals surface area (Å²) in [6.45, 7) is 8.94. The number of nitrogens with one attached hydrogen (secondary N) is 1. The van der Waals surface area contributed by atoms with Gasteiger partial charge in [-0.3, -0.25) is 4.79 Å². The summed E-state index contributed by atoms with van der Waals surface area (Å²) in [7, 11) is -3.72. The Labute approximate surface area is 161 Å². The van der Waals surface area contributed by atoms with Crippen LogP contribution >= 0.6 is 0 Å². The molecule has 0 spiro atoms. The summed E-state index contributed by atoms with van der Waals surface area (Å²) >= 11 is 0. The van der Waals surface area contributed by atoms with Gasteiger partial charge in [0.1, 0.15) is 4.90 Å². The molecule has 3 rings (SSSR count). The van der Waals surface area contributed by atoms with Crippen molar-refractivity contribution in [2.75, 3.05) is 19.6 Å². The second kappa shape index (κ2) is 7.64. The van der Waals surface area contributed by atoms with Crippen LogP contribution in [0, 0.1) is 20.8 Å². The standard InChI is InChI=1S/C20H28N2O4S/c1-5-21-27(24,25)19-14(3)13(2)12-16-15(4)17(26-18(16)19)20(23)22-10-8-6-7-9-11-22/h12,21H,5-11H2,1-4H3. The summed E-state index contributed by atoms with van der Waals surface area (Å²) in [5.74, 6) is 0.109. The smallest absolute Gasteiger partial charge is 0.289 e. The lowest BCUT2D eigenvalue weighted by Crippen LogP contribution is -2.31. The number of carbonyl (C=O) groups is 1. The van der Waals surface area contributed by atoms with Gasteiger partial charge in [-0.1, -0.05) is 19.8 Å². The average Bonchev–Trinajstić information content (AvgIpc) is 2.80. The lowest BCUT2D eigenvalue weighted by molar-refractivity contribution is 0.0731. The molecule has 2 aromatic rings. The maximum absolute atomic E-state index is 13.1. The summed E-state index contributed by atoms with van der Waals surface area (Å²) in [5, 5.41) is 0.688. The van der Waals surface area contributed by atoms with Gasteiger partial charge in [-0.2, -0.15) is 0 Å². The Hall–Kier alpha value is -1.86. The van der Waals surface area contributed by atoms with Crippen LogP contribution in [-0.2, 0) is 10.0 Å². The van der Waals surface area contributed by atoms with Crippen molar-refractivity contribution in [3.63, 3.8) is 0 Å². The number of aryl methyl sites for hydroxylation is 2. The number of furan rings is 1. The quantitative estimate of drug-likeness (QED) is 0.861. The summed E-state index contributed by atoms with van der Waals surface area (Å²) in [6, 6.07) is 1.91. The Morgan fingerprint density at radius 2 is 1.74 bits per heavy atom. The van der Waals surface area contributed by atoms with Crippen LogP contribution in [0.4, 0.5) is 0 Å². The Morgan fingerprint density at radius 1 is 1.11 bits per heavy atom. The number of amides is 1. The third-order valence-corrected chi connectivity index (χ3v) is 7.08. The van der Waals surface area contributed by atoms with E-state index in [2.05, 4.69) is 4.72 Å². The van der Waals surface area contributed by atoms with Crippen LogP contribution in [0.2, 0.25) is 0 Å². The first kappa shape index (κ1) is 19.9. The number of fused-ring (bicyclic) bond motifs is 1. The van der Waals surface area contributed by atoms with Gasteiger partial charge >= 0.3 is 0 Å². The minimum Gasteiger partial charge on any atom is -0.449 e. The largest absolute Gasteiger partial charge is 0.449 e. The number of hydrogen-bond acceptors (Lipinski definition) is 4. The molecule has 0 unspecified atom stereocenters. The molecule has 1 saturated heterocycles. The van der Waals surface area contributed by atoms with E-state index in [-0.39, 0.29) is 28.7 Å². The van der Waals surface area contributed by atoms with Gasteiger partial charge in [0, 0.05) is 30.6 Å². The lowest BCUT2D eigenvalue weighted by Gasteiger charge is -2.19. The molecule has 0 atom stereocenters. The van der Waals surface area contributed by atoms with Gasteiger partial charge in [0.15, 0.2) is 11.3 Å². The van der Waals surface area contributed by atoms with Gasteiger partial charge in [-0.15, -0.1) is 0 Å². The van der Waals surface area contributed by atoms with Crippen LogP contribution in [0.5, 0.6) is 0 Å². The summed E-state index contributed by atoms with van der Waals surface area (Å²) < 4.78 is 34.1. The second-order valence-electron chi connectivity index (χ2n) is 7.29. The first-order valence-electron chi connectivity index (χ1n) is 9.60. The number of hydrogen-bond donors (Lipinski definition) is 1. The van der Waals surface area contributed by atoms with E-state index in [1.807, 2.05) is 24.8 Å². The van der Waals surface area contributed by atoms with Crippen molar-refractivity contribution in [3.05, 3.63) is 28.5 Å². The third kappa shape index (κ3) is 3.62. The van der Waals surface area contributed by atoms with Crippen LogP contribution in [-0.4, -0.2) is 38.9 Å². The molecule has 1 aliphatic rings. The number of nitrogens with zero attached hydrogens (tertiary/aromatic N) is 1. The van der Waals surface area contributed by atoms with Gasteiger partial charge in [0.2, 0.25) is 10.0 Å². The maximum Gasteiger partial charge on any atom is 0.289 e. The highest BCUT2D eigenvalue weighted by molar-refractivity contribution is 7.89. The van der Waals surface area contributed by atoms with Crippen LogP contribution in [0.25, 0.3) is 11.0 Å². The zero-order valence-electron chi connectivity index (χ0n) is 16.5. The van der Waals surface area contributed by atoms with Crippen LogP contribution in [0.15, 0.2) is 15.4 Å². The van der Waals surface area contributed by atoms with E-state index in [9.17, 15) is 13.2 Å². The molecule has 148 valence electrons. The van der Waals surface area contributed by atoms with Crippen molar-refractivity contribution in [3.8, 4) is 0 Å². The minimum absolute atomic E-state index is 0.136. The molecule has 6 nitrogen and oxygen atoms in total. The highest BCUT2D eigenvalue weighted by Gasteiger charge is 2.29. The highest BCUT2D eigenvalue weighted by atomic mass is 32.2. The summed E-state index contributed by atoms with van der Waals surface area (Å²) in [5.41, 5.74) is 2.48. The number of likely N-dealkylation sites (tertiary alicyclic amines) is 1. The van der Waals surface area contributed by atoms with Gasteiger partial charge < -0.3 is 9.32 Å². The van der Waals surface area contributed by atoms with Crippen LogP contribution in [0.3, 0.4) is 0 Å². The third-order valence-electron chi connectivity index (χ3n) is 5.38. The average molecular weight is 393 g/mol. The molecule has 27 heavy (non-hydrogen) atoms. The van der Waals surface area contributed by atoms with Gasteiger partial charge in [0.05, 0.1) is 0 Å². The predicted octanol–water partition coefficient (Wildman–Crippen LogP) is 3.67. The van der Waals surface area contributed by atoms with Gasteiger partial charge in [-0.05, 0) is 50.8 Å². The Bertz CT molecular complexity index is 968. The minimum atomic E-state index is -3.72. The molecule has 0 aliphatic carbocycles. The van der Waals surface area contributed by atoms with E-state index in [0.717, 1.165) is 44.3 Å². The molecule has 0 radical (unpaired) electrons. The van der Waals surface area contributed by atoms with E-state index >= 15 is 0 Å². The molecule has 0 bridgehead atoms. The van der Waals surface area contributed by atoms with Crippen molar-refractivity contribution in [2.24, 2.45) is 0 Å². The van der Waals surface area contributed by atoms with E-state index in [0.29, 0.717) is 16.5 Å². The molecule has 1 aromatic carbocycles. The number of sulfonamides is 1. The van der Waals surface area contributed by atoms with Crippen molar-refractivity contribution in [2.45, 2.75) is 58.3 Å². The van der Waals surface area contributed by atoms with E-state index in [1.165, 1.54) is 0 Å². The van der Waals surface area contributed by atoms with Crippen LogP contribution < -0.4 is 4.72 Å². The molecule has 7 heteroatoms. The predicted molar refractivity (Wildman–Crippen MR) is 106 cm³/mol. The number of benzene rings is 1. The SMILES string of the molecule is CCNS(=O)(=O)c1c(C)c(C)cc2c(C)c(C(=O)N3CCCCCC3)oc12. The fraction of sp³-hybridized carbons (Fsp3) is 0.550. The van der Waals surface area contributed by atoms with E-state index in [4.69, 9.17) is 4.42 Å². The topological polar surface area (TPSA) is 79.6 Å². The molecule has 2 heterocycles. The first-order chi connectivity index (χ1) is 12.8. The Kier molecular flexibility index (Phi) is 5.63. The van der Waals surface area contributed by atoms with Crippen molar-refractivity contribution in [1.29, 1.82) is 0 Å². The number of rotatable bonds is 4. The monoisotopic (exact) mass is 392 g/mol. The molecular formula is C20H28N2O4S. The molecular weight excluding hydrogens is 364 g/mol. The molecule has 1 fully saturated rings. The summed E-state index contributed by atoms with van der Waals surface area (Å²) in [6.07, 6.45) is 4.24. The molecule has 1 aromatic heterocycles. The zero-order valence-corrected chi connectivity index (χ0v) is 17.3. The van der Waals surface area contributed by atoms with E-state index in [1.54, 1.807) is 13.8 Å². The Balaban J connectivity index is 2.17. The first-order valence-corrected chi connectivity index (χ1v) is 11.1. The maximum atomic E-state index is 13.1. The van der Waals surface area contributed by atoms with Gasteiger partial charge in [-0.25, -0.2) is 13.1 Å².